The Labute approximate surface area is 231 Å². The highest BCUT2D eigenvalue weighted by atomic mass is 32.2. The highest BCUT2D eigenvalue weighted by Gasteiger charge is 2.35. The van der Waals surface area contributed by atoms with Gasteiger partial charge in [-0.2, -0.15) is 4.98 Å². The lowest BCUT2D eigenvalue weighted by atomic mass is 9.92. The number of ether oxygens (including phenoxy) is 1. The first-order valence-corrected chi connectivity index (χ1v) is 13.5. The molecule has 1 aliphatic heterocycles. The van der Waals surface area contributed by atoms with Crippen molar-refractivity contribution in [3.8, 4) is 5.75 Å². The van der Waals surface area contributed by atoms with E-state index >= 15 is 0 Å². The molecule has 1 aliphatic rings. The van der Waals surface area contributed by atoms with Crippen LogP contribution in [0.15, 0.2) is 89.2 Å². The molecule has 198 valence electrons. The number of aromatic nitrogens is 3. The summed E-state index contributed by atoms with van der Waals surface area (Å²) < 4.78 is 7.16. The van der Waals surface area contributed by atoms with Gasteiger partial charge in [-0.25, -0.2) is 4.68 Å². The summed E-state index contributed by atoms with van der Waals surface area (Å²) in [6.45, 7) is 5.85. The third-order valence-corrected chi connectivity index (χ3v) is 7.46. The van der Waals surface area contributed by atoms with Crippen molar-refractivity contribution in [3.05, 3.63) is 106 Å². The second-order valence-electron chi connectivity index (χ2n) is 9.32. The number of allylic oxidation sites excluding steroid dienone is 1. The number of thioether (sulfide) groups is 1. The molecule has 0 fully saturated rings. The number of carbonyl (C=O) groups is 2. The van der Waals surface area contributed by atoms with Crippen LogP contribution in [0.5, 0.6) is 5.75 Å². The summed E-state index contributed by atoms with van der Waals surface area (Å²) in [4.78, 5) is 31.2. The first-order chi connectivity index (χ1) is 18.9. The molecule has 8 nitrogen and oxygen atoms in total. The number of Topliss-reactive ketones (excluding diaryl/α,β-unsaturated/α-hetero) is 1. The number of methoxy groups -OCH3 is 1. The lowest BCUT2D eigenvalue weighted by Crippen LogP contribution is -2.32. The summed E-state index contributed by atoms with van der Waals surface area (Å²) in [6, 6.07) is 22.2. The summed E-state index contributed by atoms with van der Waals surface area (Å²) in [7, 11) is 1.57. The van der Waals surface area contributed by atoms with Crippen molar-refractivity contribution in [1.82, 2.24) is 14.8 Å². The number of amides is 1. The zero-order valence-electron chi connectivity index (χ0n) is 22.2. The molecule has 4 aromatic rings. The first kappa shape index (κ1) is 26.2. The summed E-state index contributed by atoms with van der Waals surface area (Å²) in [5, 5.41) is 11.5. The van der Waals surface area contributed by atoms with E-state index in [0.29, 0.717) is 39.4 Å². The normalized spacial score (nSPS) is 14.4. The third-order valence-electron chi connectivity index (χ3n) is 6.62. The molecule has 39 heavy (non-hydrogen) atoms. The van der Waals surface area contributed by atoms with Gasteiger partial charge in [0.1, 0.15) is 11.8 Å². The smallest absolute Gasteiger partial charge is 0.255 e. The van der Waals surface area contributed by atoms with E-state index in [2.05, 4.69) is 15.6 Å². The van der Waals surface area contributed by atoms with Crippen molar-refractivity contribution < 1.29 is 14.3 Å². The van der Waals surface area contributed by atoms with Crippen LogP contribution < -0.4 is 15.4 Å². The molecule has 2 heterocycles. The Kier molecular flexibility index (Phi) is 7.51. The molecule has 0 saturated heterocycles. The van der Waals surface area contributed by atoms with Crippen LogP contribution >= 0.6 is 11.8 Å². The Bertz CT molecular complexity index is 1580. The van der Waals surface area contributed by atoms with Crippen LogP contribution in [-0.4, -0.2) is 39.3 Å². The lowest BCUT2D eigenvalue weighted by molar-refractivity contribution is -0.113. The Morgan fingerprint density at radius 1 is 1.00 bits per heavy atom. The number of aryl methyl sites for hydroxylation is 2. The van der Waals surface area contributed by atoms with Crippen molar-refractivity contribution in [2.24, 2.45) is 0 Å². The number of nitrogens with zero attached hydrogens (tertiary/aromatic N) is 3. The number of hydrogen-bond donors (Lipinski definition) is 2. The zero-order chi connectivity index (χ0) is 27.5. The standard InChI is InChI=1S/C30H29N5O3S/c1-18-13-15-21(16-14-18)24(36)17-39-30-33-29-31-20(3)26(28(37)32-23-11-7-8-12-25(23)38-4)27(35(29)34-30)22-10-6-5-9-19(22)2/h5-16,27H,17H2,1-4H3,(H,32,37)(H,31,33,34)/t27-/m1/s1. The van der Waals surface area contributed by atoms with Crippen LogP contribution in [0.4, 0.5) is 11.6 Å². The van der Waals surface area contributed by atoms with E-state index < -0.39 is 6.04 Å². The average molecular weight is 540 g/mol. The number of ketones is 1. The quantitative estimate of drug-likeness (QED) is 0.216. The number of hydrogen-bond acceptors (Lipinski definition) is 7. The largest absolute Gasteiger partial charge is 0.495 e. The molecular weight excluding hydrogens is 510 g/mol. The third kappa shape index (κ3) is 5.44. The van der Waals surface area contributed by atoms with Crippen molar-refractivity contribution >= 4 is 35.1 Å². The highest BCUT2D eigenvalue weighted by molar-refractivity contribution is 7.99. The molecule has 3 aromatic carbocycles. The number of carbonyl (C=O) groups excluding carboxylic acids is 2. The minimum Gasteiger partial charge on any atom is -0.495 e. The van der Waals surface area contributed by atoms with Gasteiger partial charge in [0, 0.05) is 11.3 Å². The van der Waals surface area contributed by atoms with Crippen LogP contribution in [0.3, 0.4) is 0 Å². The lowest BCUT2D eigenvalue weighted by Gasteiger charge is -2.29. The molecule has 0 bridgehead atoms. The Morgan fingerprint density at radius 2 is 1.72 bits per heavy atom. The van der Waals surface area contributed by atoms with Gasteiger partial charge in [-0.3, -0.25) is 9.59 Å². The van der Waals surface area contributed by atoms with E-state index in [1.807, 2.05) is 81.4 Å². The summed E-state index contributed by atoms with van der Waals surface area (Å²) >= 11 is 1.27. The maximum Gasteiger partial charge on any atom is 0.255 e. The van der Waals surface area contributed by atoms with Crippen molar-refractivity contribution in [2.45, 2.75) is 32.0 Å². The maximum absolute atomic E-state index is 13.8. The second kappa shape index (κ2) is 11.2. The van der Waals surface area contributed by atoms with Crippen LogP contribution in [0, 0.1) is 13.8 Å². The van der Waals surface area contributed by atoms with Gasteiger partial charge in [0.25, 0.3) is 5.91 Å². The molecule has 9 heteroatoms. The minimum atomic E-state index is -0.521. The van der Waals surface area contributed by atoms with E-state index in [4.69, 9.17) is 9.84 Å². The molecule has 0 unspecified atom stereocenters. The molecule has 1 aromatic heterocycles. The Balaban J connectivity index is 1.47. The number of fused-ring (bicyclic) bond motifs is 1. The van der Waals surface area contributed by atoms with E-state index in [0.717, 1.165) is 16.7 Å². The van der Waals surface area contributed by atoms with E-state index in [1.54, 1.807) is 23.9 Å². The summed E-state index contributed by atoms with van der Waals surface area (Å²) in [6.07, 6.45) is 0. The van der Waals surface area contributed by atoms with Gasteiger partial charge >= 0.3 is 0 Å². The Morgan fingerprint density at radius 3 is 2.46 bits per heavy atom. The second-order valence-corrected chi connectivity index (χ2v) is 10.3. The average Bonchev–Trinajstić information content (AvgIpc) is 3.34. The fraction of sp³-hybridized carbons (Fsp3) is 0.200. The number of anilines is 2. The van der Waals surface area contributed by atoms with Crippen molar-refractivity contribution in [3.63, 3.8) is 0 Å². The number of rotatable bonds is 8. The van der Waals surface area contributed by atoms with Crippen LogP contribution in [0.2, 0.25) is 0 Å². The van der Waals surface area contributed by atoms with E-state index in [9.17, 15) is 9.59 Å². The predicted molar refractivity (Wildman–Crippen MR) is 154 cm³/mol. The van der Waals surface area contributed by atoms with Gasteiger partial charge in [-0.05, 0) is 44.0 Å². The molecule has 0 spiro atoms. The monoisotopic (exact) mass is 539 g/mol. The highest BCUT2D eigenvalue weighted by Crippen LogP contribution is 2.38. The number of benzene rings is 3. The molecule has 0 aliphatic carbocycles. The maximum atomic E-state index is 13.8. The van der Waals surface area contributed by atoms with Gasteiger partial charge in [0.2, 0.25) is 11.1 Å². The van der Waals surface area contributed by atoms with E-state index in [-0.39, 0.29) is 17.4 Å². The van der Waals surface area contributed by atoms with Crippen LogP contribution in [-0.2, 0) is 4.79 Å². The first-order valence-electron chi connectivity index (χ1n) is 12.5. The van der Waals surface area contributed by atoms with Crippen LogP contribution in [0.25, 0.3) is 0 Å². The summed E-state index contributed by atoms with van der Waals surface area (Å²) in [5.41, 5.74) is 5.46. The molecule has 1 amide bonds. The van der Waals surface area contributed by atoms with Crippen molar-refractivity contribution in [1.29, 1.82) is 0 Å². The predicted octanol–water partition coefficient (Wildman–Crippen LogP) is 5.81. The number of nitrogens with one attached hydrogen (secondary N) is 2. The minimum absolute atomic E-state index is 0.00219. The van der Waals surface area contributed by atoms with E-state index in [1.165, 1.54) is 11.8 Å². The summed E-state index contributed by atoms with van der Waals surface area (Å²) in [5.74, 6) is 1.01. The molecule has 0 saturated carbocycles. The molecule has 0 radical (unpaired) electrons. The fourth-order valence-corrected chi connectivity index (χ4v) is 5.28. The SMILES string of the molecule is COc1ccccc1NC(=O)C1=C(C)Nc2nc(SCC(=O)c3ccc(C)cc3)nn2[C@@H]1c1ccccc1C. The van der Waals surface area contributed by atoms with Gasteiger partial charge in [-0.1, -0.05) is 78.0 Å². The van der Waals surface area contributed by atoms with Gasteiger partial charge in [0.05, 0.1) is 24.1 Å². The molecule has 1 atom stereocenters. The molecular formula is C30H29N5O3S. The molecule has 2 N–H and O–H groups in total. The molecule has 5 rings (SSSR count). The van der Waals surface area contributed by atoms with Crippen molar-refractivity contribution in [2.75, 3.05) is 23.5 Å². The van der Waals surface area contributed by atoms with Crippen LogP contribution in [0.1, 0.15) is 40.0 Å². The zero-order valence-corrected chi connectivity index (χ0v) is 23.0. The van der Waals surface area contributed by atoms with Gasteiger partial charge in [0.15, 0.2) is 5.78 Å². The Hall–Kier alpha value is -4.37. The topological polar surface area (TPSA) is 98.1 Å². The fourth-order valence-electron chi connectivity index (χ4n) is 4.56. The van der Waals surface area contributed by atoms with Gasteiger partial charge in [-0.15, -0.1) is 5.10 Å². The number of para-hydroxylation sites is 2. The van der Waals surface area contributed by atoms with Gasteiger partial charge < -0.3 is 15.4 Å².